The van der Waals surface area contributed by atoms with Crippen LogP contribution >= 0.6 is 11.8 Å². The molecule has 20 heavy (non-hydrogen) atoms. The van der Waals surface area contributed by atoms with Crippen molar-refractivity contribution < 1.29 is 21.6 Å². The molecule has 1 saturated heterocycles. The first-order valence-electron chi connectivity index (χ1n) is 6.15. The van der Waals surface area contributed by atoms with Gasteiger partial charge in [-0.3, -0.25) is 0 Å². The average Bonchev–Trinajstić information content (AvgIpc) is 2.37. The van der Waals surface area contributed by atoms with Crippen molar-refractivity contribution in [3.63, 3.8) is 0 Å². The number of hydrogen-bond acceptors (Lipinski definition) is 4. The molecule has 0 unspecified atom stereocenters. The van der Waals surface area contributed by atoms with Crippen LogP contribution in [0.25, 0.3) is 0 Å². The lowest BCUT2D eigenvalue weighted by atomic mass is 9.99. The number of rotatable bonds is 5. The van der Waals surface area contributed by atoms with Crippen LogP contribution in [-0.4, -0.2) is 48.7 Å². The minimum Gasteiger partial charge on any atom is -0.212 e. The fourth-order valence-electron chi connectivity index (χ4n) is 2.07. The molecule has 116 valence electrons. The van der Waals surface area contributed by atoms with E-state index in [1.54, 1.807) is 6.26 Å². The summed E-state index contributed by atoms with van der Waals surface area (Å²) in [5.41, 5.74) is 0. The molecule has 0 aliphatic carbocycles. The molecule has 1 fully saturated rings. The molecule has 0 saturated carbocycles. The summed E-state index contributed by atoms with van der Waals surface area (Å²) in [6, 6.07) is 2.19. The molecule has 0 bridgehead atoms. The maximum Gasteiger partial charge on any atom is 0.389 e. The third kappa shape index (κ3) is 4.82. The second-order valence-corrected chi connectivity index (χ2v) is 8.02. The van der Waals surface area contributed by atoms with Crippen LogP contribution in [0.4, 0.5) is 13.2 Å². The summed E-state index contributed by atoms with van der Waals surface area (Å²) in [7, 11) is -3.66. The number of thioether (sulfide) groups is 1. The smallest absolute Gasteiger partial charge is 0.212 e. The van der Waals surface area contributed by atoms with Gasteiger partial charge in [0.05, 0.1) is 11.8 Å². The summed E-state index contributed by atoms with van der Waals surface area (Å²) in [5, 5.41) is 9.10. The Labute approximate surface area is 121 Å². The highest BCUT2D eigenvalue weighted by Gasteiger charge is 2.38. The van der Waals surface area contributed by atoms with Crippen molar-refractivity contribution in [2.24, 2.45) is 0 Å². The zero-order valence-corrected chi connectivity index (χ0v) is 12.7. The summed E-state index contributed by atoms with van der Waals surface area (Å²) in [6.07, 6.45) is -3.23. The zero-order valence-electron chi connectivity index (χ0n) is 11.1. The maximum absolute atomic E-state index is 12.0. The summed E-state index contributed by atoms with van der Waals surface area (Å²) in [4.78, 5) is 0. The Balaban J connectivity index is 2.53. The number of sulfonamides is 1. The SMILES string of the molecule is CSC1(C#N)CCN(S(=O)(=O)CCCC(F)(F)F)CC1. The van der Waals surface area contributed by atoms with Crippen LogP contribution in [0, 0.1) is 11.3 Å². The van der Waals surface area contributed by atoms with Gasteiger partial charge >= 0.3 is 6.18 Å². The molecule has 4 nitrogen and oxygen atoms in total. The van der Waals surface area contributed by atoms with Crippen molar-refractivity contribution >= 4 is 21.8 Å². The molecule has 1 heterocycles. The largest absolute Gasteiger partial charge is 0.389 e. The van der Waals surface area contributed by atoms with Crippen molar-refractivity contribution in [2.45, 2.75) is 36.6 Å². The average molecular weight is 330 g/mol. The summed E-state index contributed by atoms with van der Waals surface area (Å²) >= 11 is 1.40. The Morgan fingerprint density at radius 1 is 1.35 bits per heavy atom. The molecule has 0 spiro atoms. The van der Waals surface area contributed by atoms with E-state index in [1.807, 2.05) is 0 Å². The molecular weight excluding hydrogens is 313 g/mol. The second-order valence-electron chi connectivity index (χ2n) is 4.74. The van der Waals surface area contributed by atoms with Crippen LogP contribution in [0.3, 0.4) is 0 Å². The molecule has 0 aromatic heterocycles. The van der Waals surface area contributed by atoms with Crippen molar-refractivity contribution in [3.05, 3.63) is 0 Å². The van der Waals surface area contributed by atoms with Gasteiger partial charge < -0.3 is 0 Å². The summed E-state index contributed by atoms with van der Waals surface area (Å²) in [6.45, 7) is 0.394. The van der Waals surface area contributed by atoms with E-state index in [9.17, 15) is 21.6 Å². The molecule has 1 rings (SSSR count). The molecule has 0 amide bonds. The predicted molar refractivity (Wildman–Crippen MR) is 71.7 cm³/mol. The van der Waals surface area contributed by atoms with Crippen LogP contribution in [0.2, 0.25) is 0 Å². The lowest BCUT2D eigenvalue weighted by molar-refractivity contribution is -0.134. The quantitative estimate of drug-likeness (QED) is 0.776. The maximum atomic E-state index is 12.0. The van der Waals surface area contributed by atoms with Gasteiger partial charge in [0.25, 0.3) is 0 Å². The summed E-state index contributed by atoms with van der Waals surface area (Å²) in [5.74, 6) is -0.495. The van der Waals surface area contributed by atoms with E-state index in [-0.39, 0.29) is 13.1 Å². The number of hydrogen-bond donors (Lipinski definition) is 0. The van der Waals surface area contributed by atoms with Crippen molar-refractivity contribution in [1.29, 1.82) is 5.26 Å². The predicted octanol–water partition coefficient (Wildman–Crippen LogP) is 2.38. The first-order valence-corrected chi connectivity index (χ1v) is 8.98. The van der Waals surface area contributed by atoms with Gasteiger partial charge in [-0.1, -0.05) is 0 Å². The van der Waals surface area contributed by atoms with Gasteiger partial charge in [0, 0.05) is 19.5 Å². The van der Waals surface area contributed by atoms with Crippen LogP contribution in [0.15, 0.2) is 0 Å². The van der Waals surface area contributed by atoms with Gasteiger partial charge in [0.15, 0.2) is 0 Å². The Kier molecular flexibility index (Phi) is 5.75. The molecular formula is C11H17F3N2O2S2. The van der Waals surface area contributed by atoms with E-state index >= 15 is 0 Å². The number of nitrogens with zero attached hydrogens (tertiary/aromatic N) is 2. The Morgan fingerprint density at radius 2 is 1.90 bits per heavy atom. The number of nitriles is 1. The van der Waals surface area contributed by atoms with Gasteiger partial charge in [0.1, 0.15) is 4.75 Å². The van der Waals surface area contributed by atoms with Crippen LogP contribution in [0.5, 0.6) is 0 Å². The Hall–Kier alpha value is -0.460. The standard InChI is InChI=1S/C11H17F3N2O2S2/c1-19-10(9-15)4-6-16(7-5-10)20(17,18)8-2-3-11(12,13)14/h2-8H2,1H3. The monoisotopic (exact) mass is 330 g/mol. The highest BCUT2D eigenvalue weighted by molar-refractivity contribution is 8.00. The molecule has 0 atom stereocenters. The van der Waals surface area contributed by atoms with Gasteiger partial charge in [-0.15, -0.1) is 11.8 Å². The van der Waals surface area contributed by atoms with Gasteiger partial charge in [-0.05, 0) is 25.5 Å². The van der Waals surface area contributed by atoms with Gasteiger partial charge in [-0.25, -0.2) is 12.7 Å². The highest BCUT2D eigenvalue weighted by Crippen LogP contribution is 2.34. The second kappa shape index (κ2) is 6.54. The van der Waals surface area contributed by atoms with E-state index in [4.69, 9.17) is 5.26 Å². The Morgan fingerprint density at radius 3 is 2.30 bits per heavy atom. The normalized spacial score (nSPS) is 20.6. The van der Waals surface area contributed by atoms with Crippen molar-refractivity contribution in [1.82, 2.24) is 4.31 Å². The lowest BCUT2D eigenvalue weighted by Gasteiger charge is -2.35. The van der Waals surface area contributed by atoms with E-state index in [2.05, 4.69) is 6.07 Å². The molecule has 0 N–H and O–H groups in total. The van der Waals surface area contributed by atoms with Gasteiger partial charge in [-0.2, -0.15) is 18.4 Å². The number of halogens is 3. The first kappa shape index (κ1) is 17.6. The fourth-order valence-corrected chi connectivity index (χ4v) is 4.26. The van der Waals surface area contributed by atoms with Gasteiger partial charge in [0.2, 0.25) is 10.0 Å². The van der Waals surface area contributed by atoms with Crippen molar-refractivity contribution in [2.75, 3.05) is 25.1 Å². The third-order valence-electron chi connectivity index (χ3n) is 3.38. The van der Waals surface area contributed by atoms with Crippen molar-refractivity contribution in [3.8, 4) is 6.07 Å². The van der Waals surface area contributed by atoms with E-state index < -0.39 is 39.5 Å². The topological polar surface area (TPSA) is 61.2 Å². The number of piperidine rings is 1. The molecule has 9 heteroatoms. The minimum absolute atomic E-state index is 0.197. The lowest BCUT2D eigenvalue weighted by Crippen LogP contribution is -2.45. The highest BCUT2D eigenvalue weighted by atomic mass is 32.2. The molecule has 0 radical (unpaired) electrons. The van der Waals surface area contributed by atoms with E-state index in [0.29, 0.717) is 12.8 Å². The molecule has 1 aliphatic heterocycles. The van der Waals surface area contributed by atoms with Crippen LogP contribution < -0.4 is 0 Å². The molecule has 0 aromatic rings. The fraction of sp³-hybridized carbons (Fsp3) is 0.909. The van der Waals surface area contributed by atoms with Crippen LogP contribution in [-0.2, 0) is 10.0 Å². The first-order chi connectivity index (χ1) is 9.14. The number of alkyl halides is 3. The molecule has 1 aliphatic rings. The summed E-state index contributed by atoms with van der Waals surface area (Å²) < 4.78 is 60.5. The Bertz CT molecular complexity index is 463. The van der Waals surface area contributed by atoms with Crippen LogP contribution in [0.1, 0.15) is 25.7 Å². The zero-order chi connectivity index (χ0) is 15.4. The van der Waals surface area contributed by atoms with E-state index in [0.717, 1.165) is 0 Å². The minimum atomic E-state index is -4.33. The van der Waals surface area contributed by atoms with E-state index in [1.165, 1.54) is 16.1 Å². The third-order valence-corrected chi connectivity index (χ3v) is 6.62. The molecule has 0 aromatic carbocycles.